The molecular formula is C10H12N2O6S. The summed E-state index contributed by atoms with van der Waals surface area (Å²) in [6, 6.07) is 5.52. The molecule has 0 aliphatic carbocycles. The largest absolute Gasteiger partial charge is 0.481 e. The molecule has 19 heavy (non-hydrogen) atoms. The molecule has 0 heterocycles. The predicted octanol–water partition coefficient (Wildman–Crippen LogP) is 0.489. The third-order valence-electron chi connectivity index (χ3n) is 2.20. The summed E-state index contributed by atoms with van der Waals surface area (Å²) in [7, 11) is -3.71. The Labute approximate surface area is 109 Å². The smallest absolute Gasteiger partial charge is 0.304 e. The maximum atomic E-state index is 11.4. The molecule has 0 radical (unpaired) electrons. The predicted molar refractivity (Wildman–Crippen MR) is 66.0 cm³/mol. The van der Waals surface area contributed by atoms with Crippen molar-refractivity contribution in [3.05, 3.63) is 39.9 Å². The van der Waals surface area contributed by atoms with Crippen molar-refractivity contribution in [2.75, 3.05) is 5.75 Å². The van der Waals surface area contributed by atoms with Gasteiger partial charge in [-0.2, -0.15) is 0 Å². The van der Waals surface area contributed by atoms with Crippen LogP contribution in [0.3, 0.4) is 0 Å². The Bertz CT molecular complexity index is 583. The van der Waals surface area contributed by atoms with E-state index in [9.17, 15) is 23.3 Å². The number of carboxylic acid groups (broad SMARTS) is 1. The molecule has 1 rings (SSSR count). The van der Waals surface area contributed by atoms with Crippen LogP contribution in [0, 0.1) is 10.1 Å². The number of hydrogen-bond acceptors (Lipinski definition) is 5. The van der Waals surface area contributed by atoms with Crippen molar-refractivity contribution in [3.63, 3.8) is 0 Å². The highest BCUT2D eigenvalue weighted by Crippen LogP contribution is 2.13. The van der Waals surface area contributed by atoms with Crippen LogP contribution in [0.4, 0.5) is 5.69 Å². The van der Waals surface area contributed by atoms with Gasteiger partial charge in [-0.05, 0) is 5.56 Å². The van der Waals surface area contributed by atoms with Crippen molar-refractivity contribution in [1.29, 1.82) is 0 Å². The molecule has 1 aromatic carbocycles. The summed E-state index contributed by atoms with van der Waals surface area (Å²) in [5.41, 5.74) is 0.287. The van der Waals surface area contributed by atoms with E-state index in [0.29, 0.717) is 5.56 Å². The number of carboxylic acids is 1. The number of benzene rings is 1. The van der Waals surface area contributed by atoms with E-state index in [1.54, 1.807) is 0 Å². The molecule has 0 saturated heterocycles. The van der Waals surface area contributed by atoms with E-state index in [1.165, 1.54) is 24.3 Å². The lowest BCUT2D eigenvalue weighted by atomic mass is 10.2. The first-order chi connectivity index (χ1) is 8.80. The molecule has 0 amide bonds. The normalized spacial score (nSPS) is 11.2. The first-order valence-corrected chi connectivity index (χ1v) is 6.88. The number of hydrogen-bond donors (Lipinski definition) is 2. The molecule has 0 spiro atoms. The Balaban J connectivity index is 2.63. The Morgan fingerprint density at radius 1 is 1.42 bits per heavy atom. The first-order valence-electron chi connectivity index (χ1n) is 5.22. The molecule has 0 aliphatic heterocycles. The maximum Gasteiger partial charge on any atom is 0.304 e. The second-order valence-electron chi connectivity index (χ2n) is 3.71. The van der Waals surface area contributed by atoms with Gasteiger partial charge in [0, 0.05) is 18.7 Å². The van der Waals surface area contributed by atoms with Gasteiger partial charge in [-0.15, -0.1) is 0 Å². The molecule has 0 fully saturated rings. The monoisotopic (exact) mass is 288 g/mol. The summed E-state index contributed by atoms with van der Waals surface area (Å²) >= 11 is 0. The number of carbonyl (C=O) groups is 1. The molecule has 2 N–H and O–H groups in total. The second-order valence-corrected chi connectivity index (χ2v) is 5.64. The van der Waals surface area contributed by atoms with Gasteiger partial charge in [0.2, 0.25) is 10.0 Å². The fraction of sp³-hybridized carbons (Fsp3) is 0.300. The van der Waals surface area contributed by atoms with Gasteiger partial charge in [0.15, 0.2) is 0 Å². The fourth-order valence-electron chi connectivity index (χ4n) is 1.27. The average Bonchev–Trinajstić information content (AvgIpc) is 2.35. The Morgan fingerprint density at radius 2 is 2.11 bits per heavy atom. The summed E-state index contributed by atoms with van der Waals surface area (Å²) in [6.45, 7) is -0.121. The Morgan fingerprint density at radius 3 is 2.68 bits per heavy atom. The van der Waals surface area contributed by atoms with Crippen LogP contribution in [0.15, 0.2) is 24.3 Å². The Hall–Kier alpha value is -2.00. The zero-order chi connectivity index (χ0) is 14.5. The van der Waals surface area contributed by atoms with Crippen LogP contribution >= 0.6 is 0 Å². The molecule has 0 aliphatic rings. The van der Waals surface area contributed by atoms with E-state index in [0.717, 1.165) is 0 Å². The molecule has 0 unspecified atom stereocenters. The average molecular weight is 288 g/mol. The number of nitrogens with one attached hydrogen (secondary N) is 1. The zero-order valence-corrected chi connectivity index (χ0v) is 10.6. The minimum atomic E-state index is -3.71. The number of rotatable bonds is 7. The van der Waals surface area contributed by atoms with E-state index in [-0.39, 0.29) is 12.2 Å². The molecule has 0 atom stereocenters. The van der Waals surface area contributed by atoms with Gasteiger partial charge in [0.25, 0.3) is 5.69 Å². The maximum absolute atomic E-state index is 11.4. The molecule has 8 nitrogen and oxygen atoms in total. The van der Waals surface area contributed by atoms with Crippen LogP contribution in [0.1, 0.15) is 12.0 Å². The lowest BCUT2D eigenvalue weighted by Gasteiger charge is -2.05. The minimum Gasteiger partial charge on any atom is -0.481 e. The van der Waals surface area contributed by atoms with Crippen molar-refractivity contribution in [1.82, 2.24) is 4.72 Å². The lowest BCUT2D eigenvalue weighted by Crippen LogP contribution is -2.27. The molecule has 0 saturated carbocycles. The van der Waals surface area contributed by atoms with E-state index in [1.807, 2.05) is 0 Å². The van der Waals surface area contributed by atoms with Crippen LogP contribution in [-0.2, 0) is 21.4 Å². The summed E-state index contributed by atoms with van der Waals surface area (Å²) in [5.74, 6) is -1.74. The highest BCUT2D eigenvalue weighted by molar-refractivity contribution is 7.89. The second kappa shape index (κ2) is 6.25. The van der Waals surface area contributed by atoms with Crippen molar-refractivity contribution >= 4 is 21.7 Å². The molecular weight excluding hydrogens is 276 g/mol. The SMILES string of the molecule is O=C(O)CCS(=O)(=O)NCc1cccc([N+](=O)[O-])c1. The number of nitrogens with zero attached hydrogens (tertiary/aromatic N) is 1. The van der Waals surface area contributed by atoms with Gasteiger partial charge in [-0.1, -0.05) is 12.1 Å². The van der Waals surface area contributed by atoms with Crippen LogP contribution < -0.4 is 4.72 Å². The molecule has 104 valence electrons. The van der Waals surface area contributed by atoms with Gasteiger partial charge in [-0.25, -0.2) is 13.1 Å². The number of nitro groups is 1. The summed E-state index contributed by atoms with van der Waals surface area (Å²) in [6.07, 6.45) is -0.496. The minimum absolute atomic E-state index is 0.121. The van der Waals surface area contributed by atoms with Crippen molar-refractivity contribution < 1.29 is 23.2 Å². The van der Waals surface area contributed by atoms with Crippen LogP contribution in [0.2, 0.25) is 0 Å². The van der Waals surface area contributed by atoms with Crippen molar-refractivity contribution in [2.45, 2.75) is 13.0 Å². The van der Waals surface area contributed by atoms with Gasteiger partial charge >= 0.3 is 5.97 Å². The standard InChI is InChI=1S/C10H12N2O6S/c13-10(14)4-5-19(17,18)11-7-8-2-1-3-9(6-8)12(15)16/h1-3,6,11H,4-5,7H2,(H,13,14). The first kappa shape index (κ1) is 15.1. The molecule has 0 aromatic heterocycles. The molecule has 1 aromatic rings. The van der Waals surface area contributed by atoms with E-state index < -0.39 is 33.1 Å². The zero-order valence-electron chi connectivity index (χ0n) is 9.77. The molecule has 9 heteroatoms. The number of nitro benzene ring substituents is 1. The number of non-ortho nitro benzene ring substituents is 1. The van der Waals surface area contributed by atoms with Crippen molar-refractivity contribution in [2.24, 2.45) is 0 Å². The third-order valence-corrected chi connectivity index (χ3v) is 3.53. The summed E-state index contributed by atoms with van der Waals surface area (Å²) in [5, 5.41) is 18.9. The Kier molecular flexibility index (Phi) is 4.95. The van der Waals surface area contributed by atoms with Crippen LogP contribution in [0.5, 0.6) is 0 Å². The van der Waals surface area contributed by atoms with Gasteiger partial charge in [0.05, 0.1) is 17.1 Å². The van der Waals surface area contributed by atoms with Crippen LogP contribution in [0.25, 0.3) is 0 Å². The molecule has 0 bridgehead atoms. The van der Waals surface area contributed by atoms with E-state index in [2.05, 4.69) is 4.72 Å². The highest BCUT2D eigenvalue weighted by atomic mass is 32.2. The fourth-order valence-corrected chi connectivity index (χ4v) is 2.24. The van der Waals surface area contributed by atoms with E-state index in [4.69, 9.17) is 5.11 Å². The topological polar surface area (TPSA) is 127 Å². The van der Waals surface area contributed by atoms with Gasteiger partial charge in [-0.3, -0.25) is 14.9 Å². The third kappa shape index (κ3) is 5.44. The number of sulfonamides is 1. The number of aliphatic carboxylic acids is 1. The quantitative estimate of drug-likeness (QED) is 0.555. The van der Waals surface area contributed by atoms with Crippen molar-refractivity contribution in [3.8, 4) is 0 Å². The highest BCUT2D eigenvalue weighted by Gasteiger charge is 2.13. The van der Waals surface area contributed by atoms with E-state index >= 15 is 0 Å². The summed E-state index contributed by atoms with van der Waals surface area (Å²) < 4.78 is 25.0. The lowest BCUT2D eigenvalue weighted by molar-refractivity contribution is -0.384. The van der Waals surface area contributed by atoms with Crippen LogP contribution in [-0.4, -0.2) is 30.2 Å². The van der Waals surface area contributed by atoms with Gasteiger partial charge in [0.1, 0.15) is 0 Å². The van der Waals surface area contributed by atoms with Gasteiger partial charge < -0.3 is 5.11 Å². The summed E-state index contributed by atoms with van der Waals surface area (Å²) in [4.78, 5) is 20.2.